The Kier molecular flexibility index (Phi) is 7.34. The average Bonchev–Trinajstić information content (AvgIpc) is 3.15. The molecule has 0 saturated heterocycles. The number of fused-ring (bicyclic) bond motifs is 1. The minimum Gasteiger partial charge on any atom is -0.406 e. The van der Waals surface area contributed by atoms with Gasteiger partial charge in [-0.1, -0.05) is 12.1 Å². The van der Waals surface area contributed by atoms with Crippen LogP contribution in [0, 0.1) is 5.82 Å². The molecule has 2 aromatic carbocycles. The molecule has 3 N–H and O–H groups in total. The lowest BCUT2D eigenvalue weighted by Crippen LogP contribution is -2.39. The highest BCUT2D eigenvalue weighted by Crippen LogP contribution is 2.40. The molecule has 0 fully saturated rings. The smallest absolute Gasteiger partial charge is 0.406 e. The number of hydrogen-bond acceptors (Lipinski definition) is 3. The molecule has 0 aliphatic carbocycles. The number of halogens is 5. The van der Waals surface area contributed by atoms with Crippen molar-refractivity contribution in [2.75, 3.05) is 13.1 Å². The standard InChI is InChI=1S/C23H21F4N3O2.ClH/c24-16-8-6-14(7-9-16)21-19(15-3-1-5-18(11-15)32-23(25,26)27)12-20-22(31)29-13-17(30(20)21)4-2-10-28;/h1,3,5-9,11-12,17H,2,4,10,13,28H2,(H,29,31);1H/t17-;/m0./s1. The van der Waals surface area contributed by atoms with E-state index in [9.17, 15) is 22.4 Å². The molecule has 1 atom stereocenters. The second-order valence-electron chi connectivity index (χ2n) is 7.54. The quantitative estimate of drug-likeness (QED) is 0.467. The molecule has 33 heavy (non-hydrogen) atoms. The van der Waals surface area contributed by atoms with E-state index in [1.54, 1.807) is 24.3 Å². The lowest BCUT2D eigenvalue weighted by molar-refractivity contribution is -0.274. The first-order valence-corrected chi connectivity index (χ1v) is 10.1. The Balaban J connectivity index is 0.00000306. The molecule has 4 rings (SSSR count). The zero-order chi connectivity index (χ0) is 22.9. The van der Waals surface area contributed by atoms with Crippen LogP contribution in [0.4, 0.5) is 17.6 Å². The number of nitrogens with one attached hydrogen (secondary N) is 1. The number of carbonyl (C=O) groups excluding carboxylic acids is 1. The number of carbonyl (C=O) groups is 1. The van der Waals surface area contributed by atoms with Crippen molar-refractivity contribution < 1.29 is 27.1 Å². The number of nitrogens with two attached hydrogens (primary N) is 1. The number of amides is 1. The van der Waals surface area contributed by atoms with Gasteiger partial charge in [-0.2, -0.15) is 0 Å². The fourth-order valence-corrected chi connectivity index (χ4v) is 4.04. The Morgan fingerprint density at radius 3 is 2.48 bits per heavy atom. The third kappa shape index (κ3) is 5.31. The Hall–Kier alpha value is -3.04. The van der Waals surface area contributed by atoms with E-state index >= 15 is 0 Å². The van der Waals surface area contributed by atoms with Crippen LogP contribution in [0.25, 0.3) is 22.4 Å². The highest BCUT2D eigenvalue weighted by Gasteiger charge is 2.32. The van der Waals surface area contributed by atoms with Gasteiger partial charge in [0.25, 0.3) is 5.91 Å². The van der Waals surface area contributed by atoms with Gasteiger partial charge in [0.1, 0.15) is 17.3 Å². The van der Waals surface area contributed by atoms with Crippen LogP contribution in [0.5, 0.6) is 5.75 Å². The molecule has 3 aromatic rings. The molecule has 1 aliphatic rings. The molecular formula is C23H22ClF4N3O2. The first kappa shape index (κ1) is 24.6. The number of ether oxygens (including phenoxy) is 1. The molecule has 0 radical (unpaired) electrons. The summed E-state index contributed by atoms with van der Waals surface area (Å²) in [5.41, 5.74) is 8.32. The second-order valence-corrected chi connectivity index (χ2v) is 7.54. The Morgan fingerprint density at radius 1 is 1.09 bits per heavy atom. The molecule has 176 valence electrons. The van der Waals surface area contributed by atoms with E-state index in [4.69, 9.17) is 5.73 Å². The summed E-state index contributed by atoms with van der Waals surface area (Å²) in [7, 11) is 0. The molecule has 0 bridgehead atoms. The Bertz CT molecular complexity index is 1130. The molecule has 0 unspecified atom stereocenters. The van der Waals surface area contributed by atoms with Gasteiger partial charge in [0.05, 0.1) is 11.7 Å². The van der Waals surface area contributed by atoms with Gasteiger partial charge >= 0.3 is 6.36 Å². The van der Waals surface area contributed by atoms with Crippen LogP contribution in [0.3, 0.4) is 0 Å². The lowest BCUT2D eigenvalue weighted by atomic mass is 10.0. The normalized spacial score (nSPS) is 15.4. The molecule has 0 spiro atoms. The summed E-state index contributed by atoms with van der Waals surface area (Å²) >= 11 is 0. The van der Waals surface area contributed by atoms with Crippen LogP contribution in [-0.2, 0) is 0 Å². The summed E-state index contributed by atoms with van der Waals surface area (Å²) in [4.78, 5) is 12.7. The van der Waals surface area contributed by atoms with E-state index in [2.05, 4.69) is 10.1 Å². The zero-order valence-electron chi connectivity index (χ0n) is 17.4. The molecule has 10 heteroatoms. The first-order chi connectivity index (χ1) is 15.3. The number of alkyl halides is 3. The van der Waals surface area contributed by atoms with Crippen LogP contribution in [0.15, 0.2) is 54.6 Å². The van der Waals surface area contributed by atoms with Crippen molar-refractivity contribution >= 4 is 18.3 Å². The number of benzene rings is 2. The van der Waals surface area contributed by atoms with Crippen molar-refractivity contribution in [2.45, 2.75) is 25.2 Å². The topological polar surface area (TPSA) is 69.3 Å². The van der Waals surface area contributed by atoms with Crippen LogP contribution < -0.4 is 15.8 Å². The predicted molar refractivity (Wildman–Crippen MR) is 119 cm³/mol. The number of nitrogens with zero attached hydrogens (tertiary/aromatic N) is 1. The maximum atomic E-state index is 13.6. The van der Waals surface area contributed by atoms with Gasteiger partial charge in [-0.05, 0) is 73.0 Å². The fraction of sp³-hybridized carbons (Fsp3) is 0.261. The fourth-order valence-electron chi connectivity index (χ4n) is 4.04. The maximum absolute atomic E-state index is 13.6. The molecule has 2 heterocycles. The number of hydrogen-bond donors (Lipinski definition) is 2. The Morgan fingerprint density at radius 2 is 1.82 bits per heavy atom. The maximum Gasteiger partial charge on any atom is 0.573 e. The molecule has 1 aliphatic heterocycles. The van der Waals surface area contributed by atoms with E-state index < -0.39 is 12.2 Å². The van der Waals surface area contributed by atoms with Gasteiger partial charge in [-0.3, -0.25) is 4.79 Å². The number of aromatic nitrogens is 1. The van der Waals surface area contributed by atoms with Gasteiger partial charge < -0.3 is 20.4 Å². The van der Waals surface area contributed by atoms with Crippen molar-refractivity contribution in [1.82, 2.24) is 9.88 Å². The third-order valence-electron chi connectivity index (χ3n) is 5.37. The van der Waals surface area contributed by atoms with Crippen molar-refractivity contribution in [3.8, 4) is 28.1 Å². The molecule has 1 amide bonds. The van der Waals surface area contributed by atoms with Gasteiger partial charge in [0, 0.05) is 12.1 Å². The van der Waals surface area contributed by atoms with E-state index in [0.29, 0.717) is 47.6 Å². The van der Waals surface area contributed by atoms with Crippen molar-refractivity contribution in [3.05, 3.63) is 66.1 Å². The minimum absolute atomic E-state index is 0. The molecule has 1 aromatic heterocycles. The summed E-state index contributed by atoms with van der Waals surface area (Å²) < 4.78 is 57.8. The van der Waals surface area contributed by atoms with Gasteiger partial charge in [-0.15, -0.1) is 25.6 Å². The van der Waals surface area contributed by atoms with Crippen LogP contribution in [0.1, 0.15) is 29.4 Å². The highest BCUT2D eigenvalue weighted by atomic mass is 35.5. The highest BCUT2D eigenvalue weighted by molar-refractivity contribution is 5.98. The van der Waals surface area contributed by atoms with E-state index in [0.717, 1.165) is 6.42 Å². The molecule has 0 saturated carbocycles. The summed E-state index contributed by atoms with van der Waals surface area (Å²) in [6.45, 7) is 0.877. The third-order valence-corrected chi connectivity index (χ3v) is 5.37. The van der Waals surface area contributed by atoms with Crippen LogP contribution >= 0.6 is 12.4 Å². The number of rotatable bonds is 6. The Labute approximate surface area is 193 Å². The predicted octanol–water partition coefficient (Wildman–Crippen LogP) is 5.31. The van der Waals surface area contributed by atoms with E-state index in [1.807, 2.05) is 4.57 Å². The summed E-state index contributed by atoms with van der Waals surface area (Å²) in [6, 6.07) is 12.9. The van der Waals surface area contributed by atoms with Crippen LogP contribution in [0.2, 0.25) is 0 Å². The summed E-state index contributed by atoms with van der Waals surface area (Å²) in [5, 5.41) is 2.86. The van der Waals surface area contributed by atoms with E-state index in [1.165, 1.54) is 30.3 Å². The van der Waals surface area contributed by atoms with Crippen LogP contribution in [-0.4, -0.2) is 29.9 Å². The summed E-state index contributed by atoms with van der Waals surface area (Å²) in [6.07, 6.45) is -3.40. The van der Waals surface area contributed by atoms with Crippen molar-refractivity contribution in [1.29, 1.82) is 0 Å². The van der Waals surface area contributed by atoms with E-state index in [-0.39, 0.29) is 30.1 Å². The SMILES string of the molecule is Cl.NCCC[C@H]1CNC(=O)c2cc(-c3cccc(OC(F)(F)F)c3)c(-c3ccc(F)cc3)n21. The van der Waals surface area contributed by atoms with Crippen molar-refractivity contribution in [3.63, 3.8) is 0 Å². The van der Waals surface area contributed by atoms with Crippen molar-refractivity contribution in [2.24, 2.45) is 5.73 Å². The first-order valence-electron chi connectivity index (χ1n) is 10.1. The molecular weight excluding hydrogens is 462 g/mol. The summed E-state index contributed by atoms with van der Waals surface area (Å²) in [5.74, 6) is -1.07. The second kappa shape index (κ2) is 9.84. The monoisotopic (exact) mass is 483 g/mol. The lowest BCUT2D eigenvalue weighted by Gasteiger charge is -2.29. The van der Waals surface area contributed by atoms with Gasteiger partial charge in [0.2, 0.25) is 0 Å². The minimum atomic E-state index is -4.83. The van der Waals surface area contributed by atoms with Gasteiger partial charge in [0.15, 0.2) is 0 Å². The average molecular weight is 484 g/mol. The molecule has 5 nitrogen and oxygen atoms in total. The largest absolute Gasteiger partial charge is 0.573 e. The zero-order valence-corrected chi connectivity index (χ0v) is 18.2. The van der Waals surface area contributed by atoms with Gasteiger partial charge in [-0.25, -0.2) is 4.39 Å².